The highest BCUT2D eigenvalue weighted by Gasteiger charge is 2.36. The fourth-order valence-corrected chi connectivity index (χ4v) is 4.08. The summed E-state index contributed by atoms with van der Waals surface area (Å²) in [6.07, 6.45) is 4.37. The van der Waals surface area contributed by atoms with Crippen LogP contribution in [0.1, 0.15) is 39.2 Å². The number of nitrogens with one attached hydrogen (secondary N) is 2. The third-order valence-corrected chi connectivity index (χ3v) is 6.02. The maximum Gasteiger partial charge on any atom is 0.245 e. The van der Waals surface area contributed by atoms with Crippen molar-refractivity contribution in [2.24, 2.45) is 5.92 Å². The molecule has 2 heterocycles. The lowest BCUT2D eigenvalue weighted by Gasteiger charge is -2.31. The Bertz CT molecular complexity index is 879. The molecule has 1 saturated heterocycles. The number of amides is 2. The second-order valence-electron chi connectivity index (χ2n) is 8.17. The minimum absolute atomic E-state index is 0.00492. The largest absolute Gasteiger partial charge is 0.464 e. The first-order valence-electron chi connectivity index (χ1n) is 10.3. The monoisotopic (exact) mass is 419 g/mol. The Labute approximate surface area is 176 Å². The highest BCUT2D eigenvalue weighted by atomic mass is 35.5. The first-order chi connectivity index (χ1) is 13.8. The molecule has 0 spiro atoms. The predicted molar refractivity (Wildman–Crippen MR) is 115 cm³/mol. The van der Waals surface area contributed by atoms with Gasteiger partial charge in [0.1, 0.15) is 11.6 Å². The molecule has 1 aliphatic rings. The molecule has 7 heteroatoms. The summed E-state index contributed by atoms with van der Waals surface area (Å²) in [5, 5.41) is 7.51. The number of nitrogens with zero attached hydrogens (tertiary/aromatic N) is 1. The van der Waals surface area contributed by atoms with E-state index in [1.807, 2.05) is 36.9 Å². The van der Waals surface area contributed by atoms with E-state index in [2.05, 4.69) is 10.6 Å². The average molecular weight is 420 g/mol. The van der Waals surface area contributed by atoms with Gasteiger partial charge in [0, 0.05) is 28.6 Å². The lowest BCUT2D eigenvalue weighted by molar-refractivity contribution is -0.138. The Hall–Kier alpha value is -2.05. The fraction of sp³-hybridized carbons (Fsp3) is 0.545. The predicted octanol–water partition coefficient (Wildman–Crippen LogP) is 3.37. The molecular weight excluding hydrogens is 390 g/mol. The minimum Gasteiger partial charge on any atom is -0.464 e. The molecule has 0 bridgehead atoms. The van der Waals surface area contributed by atoms with Crippen molar-refractivity contribution in [1.82, 2.24) is 15.5 Å². The van der Waals surface area contributed by atoms with Gasteiger partial charge >= 0.3 is 0 Å². The normalized spacial score (nSPS) is 19.0. The molecule has 1 fully saturated rings. The third kappa shape index (κ3) is 4.75. The van der Waals surface area contributed by atoms with Gasteiger partial charge in [-0.25, -0.2) is 0 Å². The molecule has 0 unspecified atom stereocenters. The van der Waals surface area contributed by atoms with Crippen LogP contribution in [0, 0.1) is 5.92 Å². The van der Waals surface area contributed by atoms with Crippen LogP contribution in [-0.2, 0) is 16.0 Å². The van der Waals surface area contributed by atoms with Crippen LogP contribution in [0.4, 0.5) is 0 Å². The quantitative estimate of drug-likeness (QED) is 0.721. The van der Waals surface area contributed by atoms with Crippen molar-refractivity contribution >= 4 is 34.4 Å². The number of furan rings is 1. The lowest BCUT2D eigenvalue weighted by Crippen LogP contribution is -2.55. The number of hydrogen-bond donors (Lipinski definition) is 2. The van der Waals surface area contributed by atoms with E-state index in [1.54, 1.807) is 20.2 Å². The molecular formula is C22H30ClN3O3. The van der Waals surface area contributed by atoms with Gasteiger partial charge in [-0.2, -0.15) is 0 Å². The number of likely N-dealkylation sites (N-methyl/N-ethyl adjacent to an activating group) is 1. The van der Waals surface area contributed by atoms with Gasteiger partial charge in [-0.15, -0.1) is 0 Å². The molecule has 3 atom stereocenters. The zero-order chi connectivity index (χ0) is 21.1. The molecule has 0 saturated carbocycles. The Morgan fingerprint density at radius 3 is 2.76 bits per heavy atom. The summed E-state index contributed by atoms with van der Waals surface area (Å²) in [5.74, 6) is -0.166. The molecule has 6 nitrogen and oxygen atoms in total. The SMILES string of the molecule is CN[C@@H](C)C(=O)N[C@H](C(=O)N1CCC[C@H]1Cc1coc2ccc(Cl)cc12)C(C)C. The van der Waals surface area contributed by atoms with Crippen molar-refractivity contribution in [3.63, 3.8) is 0 Å². The lowest BCUT2D eigenvalue weighted by atomic mass is 9.99. The Kier molecular flexibility index (Phi) is 6.85. The van der Waals surface area contributed by atoms with E-state index < -0.39 is 6.04 Å². The molecule has 0 radical (unpaired) electrons. The van der Waals surface area contributed by atoms with Crippen molar-refractivity contribution < 1.29 is 14.0 Å². The summed E-state index contributed by atoms with van der Waals surface area (Å²) in [5.41, 5.74) is 1.86. The number of rotatable bonds is 7. The number of carbonyl (C=O) groups excluding carboxylic acids is 2. The second-order valence-corrected chi connectivity index (χ2v) is 8.61. The third-order valence-electron chi connectivity index (χ3n) is 5.79. The van der Waals surface area contributed by atoms with Crippen LogP contribution in [0.5, 0.6) is 0 Å². The van der Waals surface area contributed by atoms with E-state index in [-0.39, 0.29) is 29.8 Å². The molecule has 3 rings (SSSR count). The molecule has 2 N–H and O–H groups in total. The Balaban J connectivity index is 1.76. The van der Waals surface area contributed by atoms with E-state index in [9.17, 15) is 9.59 Å². The summed E-state index contributed by atoms with van der Waals surface area (Å²) < 4.78 is 5.66. The standard InChI is InChI=1S/C22H30ClN3O3/c1-13(2)20(25-21(27)14(3)24-4)22(28)26-9-5-6-17(26)10-15-12-29-19-8-7-16(23)11-18(15)19/h7-8,11-14,17,20,24H,5-6,9-10H2,1-4H3,(H,25,27)/t14-,17-,20-/m0/s1. The van der Waals surface area contributed by atoms with Crippen molar-refractivity contribution in [3.8, 4) is 0 Å². The molecule has 2 amide bonds. The van der Waals surface area contributed by atoms with Gasteiger partial charge in [-0.3, -0.25) is 9.59 Å². The summed E-state index contributed by atoms with van der Waals surface area (Å²) in [7, 11) is 1.73. The molecule has 0 aliphatic carbocycles. The van der Waals surface area contributed by atoms with Crippen LogP contribution in [-0.4, -0.2) is 48.4 Å². The van der Waals surface area contributed by atoms with Crippen LogP contribution in [0.2, 0.25) is 5.02 Å². The van der Waals surface area contributed by atoms with Crippen LogP contribution in [0.15, 0.2) is 28.9 Å². The zero-order valence-electron chi connectivity index (χ0n) is 17.5. The second kappa shape index (κ2) is 9.18. The summed E-state index contributed by atoms with van der Waals surface area (Å²) in [6.45, 7) is 6.42. The van der Waals surface area contributed by atoms with Gasteiger partial charge in [-0.1, -0.05) is 25.4 Å². The van der Waals surface area contributed by atoms with Gasteiger partial charge in [0.2, 0.25) is 11.8 Å². The summed E-state index contributed by atoms with van der Waals surface area (Å²) in [6, 6.07) is 4.79. The number of likely N-dealkylation sites (tertiary alicyclic amines) is 1. The molecule has 29 heavy (non-hydrogen) atoms. The van der Waals surface area contributed by atoms with Gasteiger partial charge in [0.15, 0.2) is 0 Å². The van der Waals surface area contributed by atoms with E-state index in [0.29, 0.717) is 18.0 Å². The van der Waals surface area contributed by atoms with Crippen LogP contribution >= 0.6 is 11.6 Å². The molecule has 2 aromatic rings. The number of halogens is 1. The summed E-state index contributed by atoms with van der Waals surface area (Å²) in [4.78, 5) is 27.6. The van der Waals surface area contributed by atoms with Crippen molar-refractivity contribution in [2.75, 3.05) is 13.6 Å². The van der Waals surface area contributed by atoms with E-state index in [1.165, 1.54) is 0 Å². The number of fused-ring (bicyclic) bond motifs is 1. The van der Waals surface area contributed by atoms with E-state index in [0.717, 1.165) is 29.4 Å². The van der Waals surface area contributed by atoms with Crippen molar-refractivity contribution in [1.29, 1.82) is 0 Å². The number of benzene rings is 1. The number of hydrogen-bond acceptors (Lipinski definition) is 4. The topological polar surface area (TPSA) is 74.6 Å². The van der Waals surface area contributed by atoms with Crippen LogP contribution in [0.3, 0.4) is 0 Å². The highest BCUT2D eigenvalue weighted by molar-refractivity contribution is 6.31. The van der Waals surface area contributed by atoms with Gasteiger partial charge in [0.05, 0.1) is 12.3 Å². The maximum atomic E-state index is 13.3. The summed E-state index contributed by atoms with van der Waals surface area (Å²) >= 11 is 6.15. The maximum absolute atomic E-state index is 13.3. The first kappa shape index (κ1) is 21.7. The highest BCUT2D eigenvalue weighted by Crippen LogP contribution is 2.29. The first-order valence-corrected chi connectivity index (χ1v) is 10.6. The molecule has 1 aromatic heterocycles. The fourth-order valence-electron chi connectivity index (χ4n) is 3.91. The van der Waals surface area contributed by atoms with Gasteiger partial charge in [-0.05, 0) is 57.4 Å². The smallest absolute Gasteiger partial charge is 0.245 e. The number of carbonyl (C=O) groups is 2. The van der Waals surface area contributed by atoms with Crippen LogP contribution in [0.25, 0.3) is 11.0 Å². The molecule has 1 aliphatic heterocycles. The van der Waals surface area contributed by atoms with E-state index in [4.69, 9.17) is 16.0 Å². The zero-order valence-corrected chi connectivity index (χ0v) is 18.3. The average Bonchev–Trinajstić information content (AvgIpc) is 3.32. The van der Waals surface area contributed by atoms with Gasteiger partial charge < -0.3 is 20.0 Å². The van der Waals surface area contributed by atoms with Crippen molar-refractivity contribution in [3.05, 3.63) is 35.0 Å². The molecule has 158 valence electrons. The van der Waals surface area contributed by atoms with Crippen molar-refractivity contribution in [2.45, 2.75) is 58.2 Å². The Morgan fingerprint density at radius 1 is 1.31 bits per heavy atom. The van der Waals surface area contributed by atoms with Gasteiger partial charge in [0.25, 0.3) is 0 Å². The minimum atomic E-state index is -0.533. The van der Waals surface area contributed by atoms with E-state index >= 15 is 0 Å². The Morgan fingerprint density at radius 2 is 2.07 bits per heavy atom. The molecule has 1 aromatic carbocycles. The van der Waals surface area contributed by atoms with Crippen LogP contribution < -0.4 is 10.6 Å².